The van der Waals surface area contributed by atoms with Gasteiger partial charge in [-0.3, -0.25) is 4.90 Å². The number of aromatic nitrogens is 2. The molecular formula is C24H29ClN4O2. The number of fused-ring (bicyclic) bond motifs is 1. The molecule has 0 amide bonds. The molecule has 6 nitrogen and oxygen atoms in total. The first-order chi connectivity index (χ1) is 14.6. The van der Waals surface area contributed by atoms with Gasteiger partial charge in [-0.1, -0.05) is 18.2 Å². The predicted molar refractivity (Wildman–Crippen MR) is 126 cm³/mol. The van der Waals surface area contributed by atoms with E-state index in [0.29, 0.717) is 5.95 Å². The summed E-state index contributed by atoms with van der Waals surface area (Å²) in [7, 11) is 1.66. The molecule has 4 rings (SSSR count). The lowest BCUT2D eigenvalue weighted by Crippen LogP contribution is -2.31. The lowest BCUT2D eigenvalue weighted by Gasteiger charge is -2.28. The largest absolute Gasteiger partial charge is 0.497 e. The van der Waals surface area contributed by atoms with Gasteiger partial charge in [0, 0.05) is 49.6 Å². The number of ether oxygens (including phenoxy) is 2. The molecule has 0 spiro atoms. The molecule has 2 aromatic carbocycles. The SMILES string of the molecule is COc1cccc(Nc2ncc3c(n2)CCN(Cc2ccc(OC(C)C)cc2)C3)c1.Cl. The Hall–Kier alpha value is -2.83. The first-order valence-corrected chi connectivity index (χ1v) is 10.3. The zero-order valence-corrected chi connectivity index (χ0v) is 19.0. The lowest BCUT2D eigenvalue weighted by molar-refractivity contribution is 0.239. The maximum Gasteiger partial charge on any atom is 0.227 e. The molecule has 0 fully saturated rings. The fraction of sp³-hybridized carbons (Fsp3) is 0.333. The molecule has 1 aromatic heterocycles. The van der Waals surface area contributed by atoms with Crippen molar-refractivity contribution in [2.75, 3.05) is 19.0 Å². The Morgan fingerprint density at radius 2 is 1.90 bits per heavy atom. The fourth-order valence-corrected chi connectivity index (χ4v) is 3.60. The Labute approximate surface area is 190 Å². The van der Waals surface area contributed by atoms with Crippen molar-refractivity contribution >= 4 is 24.0 Å². The van der Waals surface area contributed by atoms with Gasteiger partial charge < -0.3 is 14.8 Å². The zero-order valence-electron chi connectivity index (χ0n) is 18.2. The van der Waals surface area contributed by atoms with Crippen LogP contribution in [0.5, 0.6) is 11.5 Å². The third-order valence-electron chi connectivity index (χ3n) is 5.04. The second-order valence-electron chi connectivity index (χ2n) is 7.79. The number of nitrogens with one attached hydrogen (secondary N) is 1. The molecule has 0 radical (unpaired) electrons. The van der Waals surface area contributed by atoms with Crippen molar-refractivity contribution in [3.05, 3.63) is 71.5 Å². The van der Waals surface area contributed by atoms with E-state index >= 15 is 0 Å². The van der Waals surface area contributed by atoms with E-state index in [1.807, 2.05) is 56.4 Å². The number of benzene rings is 2. The van der Waals surface area contributed by atoms with Crippen LogP contribution in [0.25, 0.3) is 0 Å². The quantitative estimate of drug-likeness (QED) is 0.558. The minimum atomic E-state index is 0. The summed E-state index contributed by atoms with van der Waals surface area (Å²) in [5, 5.41) is 3.27. The molecular weight excluding hydrogens is 412 g/mol. The minimum absolute atomic E-state index is 0. The summed E-state index contributed by atoms with van der Waals surface area (Å²) in [5.41, 5.74) is 4.51. The van der Waals surface area contributed by atoms with Crippen LogP contribution >= 0.6 is 12.4 Å². The Balaban J connectivity index is 0.00000272. The lowest BCUT2D eigenvalue weighted by atomic mass is 10.1. The van der Waals surface area contributed by atoms with E-state index in [2.05, 4.69) is 27.3 Å². The van der Waals surface area contributed by atoms with Gasteiger partial charge in [-0.2, -0.15) is 0 Å². The normalized spacial score (nSPS) is 13.3. The molecule has 7 heteroatoms. The van der Waals surface area contributed by atoms with Crippen molar-refractivity contribution in [1.82, 2.24) is 14.9 Å². The van der Waals surface area contributed by atoms with Gasteiger partial charge >= 0.3 is 0 Å². The standard InChI is InChI=1S/C24H28N4O2.ClH/c1-17(2)30-21-9-7-18(8-10-21)15-28-12-11-23-19(16-28)14-25-24(27-23)26-20-5-4-6-22(13-20)29-3;/h4-10,13-14,17H,11-12,15-16H2,1-3H3,(H,25,26,27);1H. The van der Waals surface area contributed by atoms with Crippen molar-refractivity contribution in [2.24, 2.45) is 0 Å². The van der Waals surface area contributed by atoms with E-state index in [-0.39, 0.29) is 18.5 Å². The van der Waals surface area contributed by atoms with Gasteiger partial charge in [0.15, 0.2) is 0 Å². The maximum atomic E-state index is 5.73. The monoisotopic (exact) mass is 440 g/mol. The number of rotatable bonds is 7. The first kappa shape index (κ1) is 22.8. The van der Waals surface area contributed by atoms with E-state index in [1.54, 1.807) is 7.11 Å². The Morgan fingerprint density at radius 3 is 2.65 bits per heavy atom. The summed E-state index contributed by atoms with van der Waals surface area (Å²) in [6.07, 6.45) is 3.05. The van der Waals surface area contributed by atoms with E-state index in [1.165, 1.54) is 11.1 Å². The van der Waals surface area contributed by atoms with Gasteiger partial charge in [-0.25, -0.2) is 9.97 Å². The van der Waals surface area contributed by atoms with Crippen LogP contribution in [0.4, 0.5) is 11.6 Å². The van der Waals surface area contributed by atoms with E-state index in [4.69, 9.17) is 14.5 Å². The molecule has 0 aliphatic carbocycles. The van der Waals surface area contributed by atoms with Gasteiger partial charge in [0.1, 0.15) is 11.5 Å². The van der Waals surface area contributed by atoms with Crippen LogP contribution in [0.1, 0.15) is 30.7 Å². The summed E-state index contributed by atoms with van der Waals surface area (Å²) in [5.74, 6) is 2.34. The molecule has 31 heavy (non-hydrogen) atoms. The molecule has 2 heterocycles. The average Bonchev–Trinajstić information content (AvgIpc) is 2.75. The van der Waals surface area contributed by atoms with E-state index in [0.717, 1.165) is 48.9 Å². The van der Waals surface area contributed by atoms with Gasteiger partial charge in [0.25, 0.3) is 0 Å². The molecule has 0 unspecified atom stereocenters. The van der Waals surface area contributed by atoms with Crippen molar-refractivity contribution in [3.8, 4) is 11.5 Å². The second-order valence-corrected chi connectivity index (χ2v) is 7.79. The van der Waals surface area contributed by atoms with Gasteiger partial charge in [0.2, 0.25) is 5.95 Å². The Bertz CT molecular complexity index is 995. The van der Waals surface area contributed by atoms with Crippen molar-refractivity contribution in [2.45, 2.75) is 39.5 Å². The summed E-state index contributed by atoms with van der Waals surface area (Å²) < 4.78 is 11.0. The topological polar surface area (TPSA) is 59.5 Å². The molecule has 3 aromatic rings. The van der Waals surface area contributed by atoms with Gasteiger partial charge in [0.05, 0.1) is 18.9 Å². The highest BCUT2D eigenvalue weighted by molar-refractivity contribution is 5.85. The molecule has 1 aliphatic rings. The van der Waals surface area contributed by atoms with Crippen LogP contribution in [0.3, 0.4) is 0 Å². The highest BCUT2D eigenvalue weighted by Crippen LogP contribution is 2.23. The zero-order chi connectivity index (χ0) is 20.9. The number of hydrogen-bond acceptors (Lipinski definition) is 6. The van der Waals surface area contributed by atoms with Gasteiger partial charge in [-0.05, 0) is 43.7 Å². The summed E-state index contributed by atoms with van der Waals surface area (Å²) in [6, 6.07) is 16.2. The summed E-state index contributed by atoms with van der Waals surface area (Å²) in [4.78, 5) is 11.7. The van der Waals surface area contributed by atoms with Crippen LogP contribution in [-0.2, 0) is 19.5 Å². The fourth-order valence-electron chi connectivity index (χ4n) is 3.60. The third-order valence-corrected chi connectivity index (χ3v) is 5.04. The van der Waals surface area contributed by atoms with Crippen LogP contribution in [0.15, 0.2) is 54.7 Å². The van der Waals surface area contributed by atoms with Crippen LogP contribution < -0.4 is 14.8 Å². The molecule has 1 aliphatic heterocycles. The molecule has 0 atom stereocenters. The predicted octanol–water partition coefficient (Wildman–Crippen LogP) is 5.00. The molecule has 0 saturated carbocycles. The van der Waals surface area contributed by atoms with Crippen molar-refractivity contribution in [1.29, 1.82) is 0 Å². The smallest absolute Gasteiger partial charge is 0.227 e. The van der Waals surface area contributed by atoms with Crippen LogP contribution in [0, 0.1) is 0 Å². The molecule has 164 valence electrons. The molecule has 0 bridgehead atoms. The number of anilines is 2. The highest BCUT2D eigenvalue weighted by Gasteiger charge is 2.18. The van der Waals surface area contributed by atoms with Crippen LogP contribution in [-0.4, -0.2) is 34.6 Å². The second kappa shape index (κ2) is 10.5. The van der Waals surface area contributed by atoms with Gasteiger partial charge in [-0.15, -0.1) is 12.4 Å². The molecule has 1 N–H and O–H groups in total. The van der Waals surface area contributed by atoms with E-state index < -0.39 is 0 Å². The van der Waals surface area contributed by atoms with Crippen molar-refractivity contribution in [3.63, 3.8) is 0 Å². The Morgan fingerprint density at radius 1 is 1.10 bits per heavy atom. The summed E-state index contributed by atoms with van der Waals surface area (Å²) in [6.45, 7) is 6.83. The first-order valence-electron chi connectivity index (χ1n) is 10.3. The summed E-state index contributed by atoms with van der Waals surface area (Å²) >= 11 is 0. The third kappa shape index (κ3) is 6.09. The minimum Gasteiger partial charge on any atom is -0.497 e. The molecule has 0 saturated heterocycles. The number of hydrogen-bond donors (Lipinski definition) is 1. The van der Waals surface area contributed by atoms with Crippen LogP contribution in [0.2, 0.25) is 0 Å². The number of halogens is 1. The van der Waals surface area contributed by atoms with E-state index in [9.17, 15) is 0 Å². The maximum absolute atomic E-state index is 5.73. The highest BCUT2D eigenvalue weighted by atomic mass is 35.5. The van der Waals surface area contributed by atoms with Crippen molar-refractivity contribution < 1.29 is 9.47 Å². The Kier molecular flexibility index (Phi) is 7.71. The number of nitrogens with zero attached hydrogens (tertiary/aromatic N) is 3. The average molecular weight is 441 g/mol. The number of methoxy groups -OCH3 is 1.